The van der Waals surface area contributed by atoms with E-state index < -0.39 is 0 Å². The fraction of sp³-hybridized carbons (Fsp3) is 0.364. The van der Waals surface area contributed by atoms with Crippen LogP contribution in [0, 0.1) is 11.3 Å². The number of benzene rings is 1. The molecule has 1 aromatic rings. The molecule has 0 aliphatic heterocycles. The molecule has 0 radical (unpaired) electrons. The van der Waals surface area contributed by atoms with Crippen LogP contribution in [-0.4, -0.2) is 7.05 Å². The van der Waals surface area contributed by atoms with Gasteiger partial charge in [0.15, 0.2) is 0 Å². The molecule has 1 unspecified atom stereocenters. The first-order valence-electron chi connectivity index (χ1n) is 4.54. The molecule has 0 saturated carbocycles. The lowest BCUT2D eigenvalue weighted by Crippen LogP contribution is -2.02. The molecule has 0 saturated heterocycles. The number of hydrogen-bond donors (Lipinski definition) is 1. The fourth-order valence-corrected chi connectivity index (χ4v) is 1.41. The smallest absolute Gasteiger partial charge is 0.0628 e. The van der Waals surface area contributed by atoms with Gasteiger partial charge in [0.05, 0.1) is 6.07 Å². The number of anilines is 1. The minimum atomic E-state index is 0.285. The Morgan fingerprint density at radius 3 is 2.86 bits per heavy atom. The topological polar surface area (TPSA) is 27.0 Å². The summed E-state index contributed by atoms with van der Waals surface area (Å²) in [4.78, 5) is 0. The largest absolute Gasteiger partial charge is 0.322 e. The predicted octanol–water partition coefficient (Wildman–Crippen LogP) is 2.98. The number of nitrogens with zero attached hydrogens (tertiary/aromatic N) is 2. The van der Waals surface area contributed by atoms with Gasteiger partial charge in [0, 0.05) is 19.2 Å². The van der Waals surface area contributed by atoms with Crippen LogP contribution < -0.4 is 4.31 Å². The molecule has 0 aromatic heterocycles. The molecule has 0 aliphatic rings. The molecule has 14 heavy (non-hydrogen) atoms. The third-order valence-corrected chi connectivity index (χ3v) is 2.44. The van der Waals surface area contributed by atoms with Crippen LogP contribution in [0.3, 0.4) is 0 Å². The summed E-state index contributed by atoms with van der Waals surface area (Å²) in [6.07, 6.45) is 0.555. The Morgan fingerprint density at radius 2 is 2.29 bits per heavy atom. The van der Waals surface area contributed by atoms with Gasteiger partial charge in [-0.1, -0.05) is 31.9 Å². The van der Waals surface area contributed by atoms with Gasteiger partial charge in [0.25, 0.3) is 0 Å². The zero-order valence-electron chi connectivity index (χ0n) is 8.44. The summed E-state index contributed by atoms with van der Waals surface area (Å²) in [7, 11) is 1.89. The van der Waals surface area contributed by atoms with E-state index in [-0.39, 0.29) is 5.92 Å². The maximum Gasteiger partial charge on any atom is 0.0628 e. The Balaban J connectivity index is 2.89. The average molecular weight is 206 g/mol. The minimum Gasteiger partial charge on any atom is -0.322 e. The zero-order valence-corrected chi connectivity index (χ0v) is 9.33. The van der Waals surface area contributed by atoms with Gasteiger partial charge in [-0.25, -0.2) is 0 Å². The van der Waals surface area contributed by atoms with Crippen molar-refractivity contribution in [1.82, 2.24) is 0 Å². The second kappa shape index (κ2) is 4.92. The quantitative estimate of drug-likeness (QED) is 0.770. The van der Waals surface area contributed by atoms with Crippen LogP contribution >= 0.6 is 12.8 Å². The van der Waals surface area contributed by atoms with Gasteiger partial charge in [-0.15, -0.1) is 0 Å². The molecule has 2 nitrogen and oxygen atoms in total. The Kier molecular flexibility index (Phi) is 3.84. The van der Waals surface area contributed by atoms with Crippen molar-refractivity contribution in [2.45, 2.75) is 19.3 Å². The van der Waals surface area contributed by atoms with E-state index in [2.05, 4.69) is 31.9 Å². The van der Waals surface area contributed by atoms with E-state index in [1.807, 2.05) is 25.2 Å². The maximum absolute atomic E-state index is 8.60. The second-order valence-corrected chi connectivity index (χ2v) is 3.98. The van der Waals surface area contributed by atoms with E-state index in [0.29, 0.717) is 6.42 Å². The van der Waals surface area contributed by atoms with Crippen molar-refractivity contribution >= 4 is 18.5 Å². The van der Waals surface area contributed by atoms with Gasteiger partial charge in [0.1, 0.15) is 0 Å². The Morgan fingerprint density at radius 1 is 1.57 bits per heavy atom. The molecule has 0 N–H and O–H groups in total. The minimum absolute atomic E-state index is 0.285. The van der Waals surface area contributed by atoms with Crippen LogP contribution in [0.1, 0.15) is 24.8 Å². The van der Waals surface area contributed by atoms with Crippen LogP contribution in [0.15, 0.2) is 24.3 Å². The molecule has 1 atom stereocenters. The van der Waals surface area contributed by atoms with Crippen LogP contribution in [0.5, 0.6) is 0 Å². The molecule has 0 aliphatic carbocycles. The molecule has 0 spiro atoms. The van der Waals surface area contributed by atoms with Crippen molar-refractivity contribution in [3.05, 3.63) is 29.8 Å². The summed E-state index contributed by atoms with van der Waals surface area (Å²) < 4.78 is 1.77. The lowest BCUT2D eigenvalue weighted by molar-refractivity contribution is 0.789. The highest BCUT2D eigenvalue weighted by Gasteiger charge is 2.05. The molecule has 0 amide bonds. The lowest BCUT2D eigenvalue weighted by Gasteiger charge is -2.14. The van der Waals surface area contributed by atoms with Crippen molar-refractivity contribution in [2.24, 2.45) is 0 Å². The fourth-order valence-electron chi connectivity index (χ4n) is 1.29. The third kappa shape index (κ3) is 2.68. The molecule has 1 rings (SSSR count). The van der Waals surface area contributed by atoms with Crippen molar-refractivity contribution in [3.63, 3.8) is 0 Å². The van der Waals surface area contributed by atoms with Crippen LogP contribution in [0.25, 0.3) is 0 Å². The zero-order chi connectivity index (χ0) is 10.6. The van der Waals surface area contributed by atoms with Crippen molar-refractivity contribution in [1.29, 1.82) is 5.26 Å². The van der Waals surface area contributed by atoms with E-state index in [4.69, 9.17) is 5.26 Å². The van der Waals surface area contributed by atoms with E-state index in [0.717, 1.165) is 5.69 Å². The summed E-state index contributed by atoms with van der Waals surface area (Å²) in [5.41, 5.74) is 2.24. The molecular formula is C11H14N2S. The Hall–Kier alpha value is -1.14. The van der Waals surface area contributed by atoms with E-state index in [9.17, 15) is 0 Å². The summed E-state index contributed by atoms with van der Waals surface area (Å²) in [5.74, 6) is 0.285. The second-order valence-electron chi connectivity index (χ2n) is 3.38. The third-order valence-electron chi connectivity index (χ3n) is 2.21. The van der Waals surface area contributed by atoms with E-state index in [1.165, 1.54) is 5.56 Å². The highest BCUT2D eigenvalue weighted by molar-refractivity contribution is 7.81. The first-order chi connectivity index (χ1) is 6.65. The summed E-state index contributed by atoms with van der Waals surface area (Å²) in [6, 6.07) is 10.3. The summed E-state index contributed by atoms with van der Waals surface area (Å²) in [5, 5.41) is 8.60. The molecule has 1 aromatic carbocycles. The Bertz CT molecular complexity index is 341. The number of thiol groups is 1. The molecule has 0 heterocycles. The van der Waals surface area contributed by atoms with Gasteiger partial charge < -0.3 is 4.31 Å². The normalized spacial score (nSPS) is 11.9. The predicted molar refractivity (Wildman–Crippen MR) is 62.5 cm³/mol. The SMILES string of the molecule is CC(CC#N)c1cccc(N(C)S)c1. The van der Waals surface area contributed by atoms with Crippen LogP contribution in [0.2, 0.25) is 0 Å². The van der Waals surface area contributed by atoms with Gasteiger partial charge in [-0.2, -0.15) is 5.26 Å². The Labute approximate surface area is 90.7 Å². The maximum atomic E-state index is 8.60. The standard InChI is InChI=1S/C11H14N2S/c1-9(6-7-12)10-4-3-5-11(8-10)13(2)14/h3-5,8-9,14H,6H2,1-2H3. The first-order valence-corrected chi connectivity index (χ1v) is 4.94. The average Bonchev–Trinajstić information content (AvgIpc) is 2.18. The van der Waals surface area contributed by atoms with Crippen LogP contribution in [-0.2, 0) is 0 Å². The molecule has 0 fully saturated rings. The van der Waals surface area contributed by atoms with Gasteiger partial charge in [0.2, 0.25) is 0 Å². The number of rotatable bonds is 3. The van der Waals surface area contributed by atoms with Crippen molar-refractivity contribution < 1.29 is 0 Å². The summed E-state index contributed by atoms with van der Waals surface area (Å²) >= 11 is 4.22. The highest BCUT2D eigenvalue weighted by atomic mass is 32.1. The molecule has 3 heteroatoms. The molecule has 74 valence electrons. The van der Waals surface area contributed by atoms with E-state index in [1.54, 1.807) is 4.31 Å². The van der Waals surface area contributed by atoms with E-state index >= 15 is 0 Å². The number of nitriles is 1. The van der Waals surface area contributed by atoms with Crippen LogP contribution in [0.4, 0.5) is 5.69 Å². The van der Waals surface area contributed by atoms with Gasteiger partial charge >= 0.3 is 0 Å². The molecular weight excluding hydrogens is 192 g/mol. The van der Waals surface area contributed by atoms with Gasteiger partial charge in [-0.3, -0.25) is 0 Å². The van der Waals surface area contributed by atoms with Crippen molar-refractivity contribution in [3.8, 4) is 6.07 Å². The number of hydrogen-bond acceptors (Lipinski definition) is 3. The van der Waals surface area contributed by atoms with Crippen molar-refractivity contribution in [2.75, 3.05) is 11.4 Å². The summed E-state index contributed by atoms with van der Waals surface area (Å²) in [6.45, 7) is 2.06. The highest BCUT2D eigenvalue weighted by Crippen LogP contribution is 2.23. The molecule has 0 bridgehead atoms. The first kappa shape index (κ1) is 10.9. The lowest BCUT2D eigenvalue weighted by atomic mass is 9.98. The van der Waals surface area contributed by atoms with Gasteiger partial charge in [-0.05, 0) is 23.6 Å². The monoisotopic (exact) mass is 206 g/mol.